The predicted octanol–water partition coefficient (Wildman–Crippen LogP) is 3.20. The number of hydrogen-bond donors (Lipinski definition) is 1. The first-order valence-electron chi connectivity index (χ1n) is 8.82. The topological polar surface area (TPSA) is 86.2 Å². The Morgan fingerprint density at radius 3 is 2.70 bits per heavy atom. The maximum absolute atomic E-state index is 13.8. The van der Waals surface area contributed by atoms with Gasteiger partial charge in [-0.25, -0.2) is 8.78 Å². The van der Waals surface area contributed by atoms with E-state index in [1.165, 1.54) is 30.0 Å². The van der Waals surface area contributed by atoms with Crippen LogP contribution in [0.15, 0.2) is 41.3 Å². The van der Waals surface area contributed by atoms with Crippen molar-refractivity contribution in [2.24, 2.45) is 0 Å². The number of H-pyrrole nitrogens is 1. The van der Waals surface area contributed by atoms with Crippen LogP contribution in [-0.2, 0) is 16.1 Å². The summed E-state index contributed by atoms with van der Waals surface area (Å²) in [6.07, 6.45) is 1.46. The first-order chi connectivity index (χ1) is 14.3. The maximum atomic E-state index is 13.8. The molecule has 0 saturated heterocycles. The van der Waals surface area contributed by atoms with E-state index in [0.717, 1.165) is 12.1 Å². The Bertz CT molecular complexity index is 1120. The summed E-state index contributed by atoms with van der Waals surface area (Å²) in [5, 5.41) is 6.24. The largest absolute Gasteiger partial charge is 0.487 e. The molecule has 0 aliphatic heterocycles. The zero-order chi connectivity index (χ0) is 21.8. The normalized spacial score (nSPS) is 12.0. The molecule has 1 N–H and O–H groups in total. The summed E-state index contributed by atoms with van der Waals surface area (Å²) >= 11 is 6.21. The zero-order valence-corrected chi connectivity index (χ0v) is 16.9. The highest BCUT2D eigenvalue weighted by molar-refractivity contribution is 6.31. The van der Waals surface area contributed by atoms with Gasteiger partial charge in [-0.1, -0.05) is 11.6 Å². The van der Waals surface area contributed by atoms with Gasteiger partial charge < -0.3 is 9.47 Å². The number of ketones is 1. The molecule has 2 aromatic heterocycles. The Morgan fingerprint density at radius 1 is 1.30 bits per heavy atom. The molecule has 3 aromatic rings. The molecular weight excluding hydrogens is 420 g/mol. The highest BCUT2D eigenvalue weighted by Crippen LogP contribution is 2.27. The highest BCUT2D eigenvalue weighted by atomic mass is 35.5. The van der Waals surface area contributed by atoms with Crippen LogP contribution in [0.2, 0.25) is 5.02 Å². The number of aromatic nitrogens is 3. The average Bonchev–Trinajstić information content (AvgIpc) is 3.22. The van der Waals surface area contributed by atoms with E-state index >= 15 is 0 Å². The maximum Gasteiger partial charge on any atom is 0.274 e. The van der Waals surface area contributed by atoms with E-state index in [0.29, 0.717) is 11.4 Å². The third-order valence-corrected chi connectivity index (χ3v) is 4.76. The molecule has 0 amide bonds. The minimum absolute atomic E-state index is 0.0155. The van der Waals surface area contributed by atoms with E-state index in [1.54, 1.807) is 13.0 Å². The quantitative estimate of drug-likeness (QED) is 0.585. The summed E-state index contributed by atoms with van der Waals surface area (Å²) in [5.74, 6) is -1.86. The molecular formula is C20H18ClF2N3O4. The third kappa shape index (κ3) is 4.42. The standard InChI is InChI=1S/C20H18ClF2N3O4/c1-11-7-17(30-9-12-3-4-13(22)8-14(12)23)18(21)20(28)26(11)19(16(27)10-29-2)15-5-6-24-25-15/h3-8,19H,9-10H2,1-2H3,(H,24,25). The van der Waals surface area contributed by atoms with Crippen LogP contribution >= 0.6 is 11.6 Å². The summed E-state index contributed by atoms with van der Waals surface area (Å²) in [6, 6.07) is 5.09. The Labute approximate surface area is 175 Å². The fourth-order valence-corrected chi connectivity index (χ4v) is 3.21. The number of halogens is 3. The van der Waals surface area contributed by atoms with Crippen molar-refractivity contribution in [2.45, 2.75) is 19.6 Å². The second-order valence-corrected chi connectivity index (χ2v) is 6.86. The van der Waals surface area contributed by atoms with Crippen LogP contribution in [0.25, 0.3) is 0 Å². The van der Waals surface area contributed by atoms with Crippen molar-refractivity contribution in [1.82, 2.24) is 14.8 Å². The van der Waals surface area contributed by atoms with Crippen LogP contribution in [0.4, 0.5) is 8.78 Å². The van der Waals surface area contributed by atoms with Gasteiger partial charge in [-0.2, -0.15) is 5.10 Å². The van der Waals surface area contributed by atoms with Crippen molar-refractivity contribution in [1.29, 1.82) is 0 Å². The lowest BCUT2D eigenvalue weighted by atomic mass is 10.1. The Hall–Kier alpha value is -3.04. The zero-order valence-electron chi connectivity index (χ0n) is 16.1. The van der Waals surface area contributed by atoms with Gasteiger partial charge in [0.1, 0.15) is 41.7 Å². The second kappa shape index (κ2) is 9.19. The molecule has 0 fully saturated rings. The van der Waals surface area contributed by atoms with Gasteiger partial charge >= 0.3 is 0 Å². The molecule has 158 valence electrons. The summed E-state index contributed by atoms with van der Waals surface area (Å²) in [5.41, 5.74) is 0.193. The number of benzene rings is 1. The van der Waals surface area contributed by atoms with Gasteiger partial charge in [-0.3, -0.25) is 19.3 Å². The van der Waals surface area contributed by atoms with Crippen LogP contribution in [0.3, 0.4) is 0 Å². The van der Waals surface area contributed by atoms with E-state index in [2.05, 4.69) is 10.2 Å². The van der Waals surface area contributed by atoms with Crippen LogP contribution in [0.5, 0.6) is 5.75 Å². The lowest BCUT2D eigenvalue weighted by molar-refractivity contribution is -0.125. The average molecular weight is 438 g/mol. The van der Waals surface area contributed by atoms with Crippen molar-refractivity contribution in [2.75, 3.05) is 13.7 Å². The summed E-state index contributed by atoms with van der Waals surface area (Å²) in [6.45, 7) is 1.11. The fourth-order valence-electron chi connectivity index (χ4n) is 3.01. The van der Waals surface area contributed by atoms with Gasteiger partial charge in [0, 0.05) is 36.7 Å². The Morgan fingerprint density at radius 2 is 2.07 bits per heavy atom. The van der Waals surface area contributed by atoms with Crippen LogP contribution < -0.4 is 10.3 Å². The van der Waals surface area contributed by atoms with Crippen molar-refractivity contribution in [3.05, 3.63) is 80.5 Å². The number of carbonyl (C=O) groups is 1. The highest BCUT2D eigenvalue weighted by Gasteiger charge is 2.28. The first kappa shape index (κ1) is 21.7. The van der Waals surface area contributed by atoms with Gasteiger partial charge in [0.2, 0.25) is 0 Å². The molecule has 1 unspecified atom stereocenters. The van der Waals surface area contributed by atoms with Crippen molar-refractivity contribution < 1.29 is 23.0 Å². The molecule has 3 rings (SSSR count). The lowest BCUT2D eigenvalue weighted by Crippen LogP contribution is -2.34. The molecule has 2 heterocycles. The monoisotopic (exact) mass is 437 g/mol. The van der Waals surface area contributed by atoms with E-state index in [1.807, 2.05) is 0 Å². The predicted molar refractivity (Wildman–Crippen MR) is 105 cm³/mol. The number of aryl methyl sites for hydroxylation is 1. The van der Waals surface area contributed by atoms with Gasteiger partial charge in [0.05, 0.1) is 5.69 Å². The van der Waals surface area contributed by atoms with Crippen molar-refractivity contribution in [3.63, 3.8) is 0 Å². The molecule has 1 aromatic carbocycles. The Kier molecular flexibility index (Phi) is 6.63. The van der Waals surface area contributed by atoms with Crippen LogP contribution in [-0.4, -0.2) is 34.3 Å². The number of pyridine rings is 1. The van der Waals surface area contributed by atoms with Gasteiger partial charge in [0.25, 0.3) is 5.56 Å². The number of ether oxygens (including phenoxy) is 2. The van der Waals surface area contributed by atoms with Gasteiger partial charge in [-0.15, -0.1) is 0 Å². The number of hydrogen-bond acceptors (Lipinski definition) is 5. The summed E-state index contributed by atoms with van der Waals surface area (Å²) < 4.78 is 38.5. The van der Waals surface area contributed by atoms with Gasteiger partial charge in [-0.05, 0) is 25.1 Å². The van der Waals surface area contributed by atoms with Crippen molar-refractivity contribution in [3.8, 4) is 5.75 Å². The molecule has 7 nitrogen and oxygen atoms in total. The third-order valence-electron chi connectivity index (χ3n) is 4.41. The van der Waals surface area contributed by atoms with Crippen molar-refractivity contribution >= 4 is 17.4 Å². The van der Waals surface area contributed by atoms with E-state index in [9.17, 15) is 18.4 Å². The molecule has 30 heavy (non-hydrogen) atoms. The number of aromatic amines is 1. The Balaban J connectivity index is 1.97. The van der Waals surface area contributed by atoms with E-state index in [4.69, 9.17) is 21.1 Å². The summed E-state index contributed by atoms with van der Waals surface area (Å²) in [4.78, 5) is 25.6. The number of nitrogens with zero attached hydrogens (tertiary/aromatic N) is 2. The molecule has 0 aliphatic carbocycles. The number of carbonyl (C=O) groups excluding carboxylic acids is 1. The molecule has 0 spiro atoms. The van der Waals surface area contributed by atoms with E-state index < -0.39 is 23.2 Å². The minimum Gasteiger partial charge on any atom is -0.487 e. The second-order valence-electron chi connectivity index (χ2n) is 6.48. The smallest absolute Gasteiger partial charge is 0.274 e. The molecule has 0 radical (unpaired) electrons. The first-order valence-corrected chi connectivity index (χ1v) is 9.20. The van der Waals surface area contributed by atoms with Gasteiger partial charge in [0.15, 0.2) is 5.78 Å². The molecule has 0 saturated carbocycles. The van der Waals surface area contributed by atoms with Crippen LogP contribution in [0.1, 0.15) is 23.0 Å². The number of nitrogens with one attached hydrogen (secondary N) is 1. The minimum atomic E-state index is -1.03. The molecule has 0 aliphatic rings. The summed E-state index contributed by atoms with van der Waals surface area (Å²) in [7, 11) is 1.37. The number of rotatable bonds is 8. The SMILES string of the molecule is COCC(=O)C(c1ccn[nH]1)n1c(C)cc(OCc2ccc(F)cc2F)c(Cl)c1=O. The fraction of sp³-hybridized carbons (Fsp3) is 0.250. The number of methoxy groups -OCH3 is 1. The lowest BCUT2D eigenvalue weighted by Gasteiger charge is -2.21. The van der Waals surface area contributed by atoms with Crippen LogP contribution in [0, 0.1) is 18.6 Å². The molecule has 0 bridgehead atoms. The van der Waals surface area contributed by atoms with E-state index in [-0.39, 0.29) is 35.3 Å². The number of Topliss-reactive ketones (excluding diaryl/α,β-unsaturated/α-hetero) is 1. The molecule has 1 atom stereocenters. The molecule has 10 heteroatoms.